The minimum Gasteiger partial charge on any atom is -0.380 e. The van der Waals surface area contributed by atoms with Crippen molar-refractivity contribution < 1.29 is 13.2 Å². The lowest BCUT2D eigenvalue weighted by molar-refractivity contribution is 0.138. The third-order valence-corrected chi connectivity index (χ3v) is 6.21. The molecule has 7 heteroatoms. The molecule has 1 aromatic heterocycles. The lowest BCUT2D eigenvalue weighted by Crippen LogP contribution is -2.30. The van der Waals surface area contributed by atoms with Gasteiger partial charge in [0.05, 0.1) is 11.5 Å². The maximum absolute atomic E-state index is 12.6. The number of rotatable bonds is 9. The average molecular weight is 335 g/mol. The molecule has 21 heavy (non-hydrogen) atoms. The highest BCUT2D eigenvalue weighted by Crippen LogP contribution is 2.27. The Labute approximate surface area is 132 Å². The van der Waals surface area contributed by atoms with Crippen molar-refractivity contribution in [3.8, 4) is 0 Å². The van der Waals surface area contributed by atoms with Gasteiger partial charge in [-0.05, 0) is 19.9 Å². The van der Waals surface area contributed by atoms with Crippen molar-refractivity contribution >= 4 is 21.4 Å². The van der Waals surface area contributed by atoms with E-state index in [2.05, 4.69) is 19.2 Å². The number of aryl methyl sites for hydroxylation is 1. The van der Waals surface area contributed by atoms with Gasteiger partial charge in [0.1, 0.15) is 0 Å². The van der Waals surface area contributed by atoms with Crippen LogP contribution in [0.25, 0.3) is 0 Å². The molecule has 5 nitrogen and oxygen atoms in total. The summed E-state index contributed by atoms with van der Waals surface area (Å²) in [7, 11) is -1.84. The first-order valence-corrected chi connectivity index (χ1v) is 9.41. The van der Waals surface area contributed by atoms with E-state index in [1.165, 1.54) is 15.6 Å². The lowest BCUT2D eigenvalue weighted by atomic mass is 10.3. The Hall–Kier alpha value is -0.470. The normalized spacial score (nSPS) is 12.5. The molecule has 0 aromatic carbocycles. The molecule has 0 amide bonds. The second kappa shape index (κ2) is 8.24. The summed E-state index contributed by atoms with van der Waals surface area (Å²) in [5, 5.41) is 3.31. The number of nitrogens with one attached hydrogen (secondary N) is 1. The second-order valence-electron chi connectivity index (χ2n) is 5.19. The topological polar surface area (TPSA) is 58.6 Å². The molecule has 0 bridgehead atoms. The van der Waals surface area contributed by atoms with Crippen LogP contribution in [0.2, 0.25) is 0 Å². The van der Waals surface area contributed by atoms with Gasteiger partial charge in [-0.15, -0.1) is 11.3 Å². The first-order valence-electron chi connectivity index (χ1n) is 7.15. The van der Waals surface area contributed by atoms with E-state index in [1.54, 1.807) is 13.1 Å². The molecule has 0 aliphatic heterocycles. The maximum atomic E-state index is 12.6. The predicted molar refractivity (Wildman–Crippen MR) is 87.3 cm³/mol. The van der Waals surface area contributed by atoms with Crippen molar-refractivity contribution in [2.45, 2.75) is 45.2 Å². The quantitative estimate of drug-likeness (QED) is 0.704. The predicted octanol–water partition coefficient (Wildman–Crippen LogP) is 2.21. The number of hydrogen-bond donors (Lipinski definition) is 1. The molecule has 0 aliphatic rings. The number of likely N-dealkylation sites (N-methyl/N-ethyl adjacent to an activating group) is 1. The van der Waals surface area contributed by atoms with Crippen LogP contribution in [0, 0.1) is 6.92 Å². The summed E-state index contributed by atoms with van der Waals surface area (Å²) in [6.45, 7) is 9.96. The summed E-state index contributed by atoms with van der Waals surface area (Å²) in [6, 6.07) is 2.16. The molecule has 0 fully saturated rings. The molecule has 1 N–H and O–H groups in total. The Bertz CT molecular complexity index is 538. The molecule has 0 atom stereocenters. The molecular formula is C14H26N2O3S2. The van der Waals surface area contributed by atoms with Crippen LogP contribution >= 0.6 is 11.3 Å². The Morgan fingerprint density at radius 2 is 2.10 bits per heavy atom. The largest absolute Gasteiger partial charge is 0.380 e. The second-order valence-corrected chi connectivity index (χ2v) is 8.55. The number of hydrogen-bond acceptors (Lipinski definition) is 5. The van der Waals surface area contributed by atoms with E-state index < -0.39 is 10.0 Å². The van der Waals surface area contributed by atoms with Crippen molar-refractivity contribution in [2.75, 3.05) is 26.8 Å². The number of sulfonamides is 1. The third-order valence-electron chi connectivity index (χ3n) is 3.05. The van der Waals surface area contributed by atoms with Gasteiger partial charge in [-0.2, -0.15) is 4.31 Å². The van der Waals surface area contributed by atoms with E-state index in [4.69, 9.17) is 4.74 Å². The van der Waals surface area contributed by atoms with Gasteiger partial charge in [0.2, 0.25) is 10.0 Å². The van der Waals surface area contributed by atoms with Crippen LogP contribution in [0.4, 0.5) is 0 Å². The van der Waals surface area contributed by atoms with Crippen LogP contribution in [-0.4, -0.2) is 45.6 Å². The van der Waals surface area contributed by atoms with Crippen LogP contribution in [0.1, 0.15) is 30.5 Å². The molecule has 1 aromatic rings. The van der Waals surface area contributed by atoms with E-state index in [1.807, 2.05) is 13.8 Å². The molecule has 1 rings (SSSR count). The van der Waals surface area contributed by atoms with E-state index in [0.29, 0.717) is 37.2 Å². The summed E-state index contributed by atoms with van der Waals surface area (Å²) in [5.74, 6) is 0. The molecule has 122 valence electrons. The van der Waals surface area contributed by atoms with E-state index in [9.17, 15) is 8.42 Å². The Balaban J connectivity index is 2.82. The van der Waals surface area contributed by atoms with Crippen molar-refractivity contribution in [3.05, 3.63) is 15.8 Å². The lowest BCUT2D eigenvalue weighted by Gasteiger charge is -2.16. The highest BCUT2D eigenvalue weighted by molar-refractivity contribution is 7.89. The van der Waals surface area contributed by atoms with E-state index >= 15 is 0 Å². The van der Waals surface area contributed by atoms with Crippen LogP contribution < -0.4 is 5.32 Å². The van der Waals surface area contributed by atoms with Gasteiger partial charge < -0.3 is 10.1 Å². The molecule has 0 saturated heterocycles. The molecule has 0 saturated carbocycles. The number of ether oxygens (including phenoxy) is 1. The zero-order valence-corrected chi connectivity index (χ0v) is 15.1. The summed E-state index contributed by atoms with van der Waals surface area (Å²) in [5.41, 5.74) is 0. The van der Waals surface area contributed by atoms with E-state index in [-0.39, 0.29) is 0 Å². The van der Waals surface area contributed by atoms with E-state index in [0.717, 1.165) is 9.75 Å². The molecule has 0 spiro atoms. The Kier molecular flexibility index (Phi) is 7.29. The van der Waals surface area contributed by atoms with Gasteiger partial charge in [0.25, 0.3) is 0 Å². The van der Waals surface area contributed by atoms with Crippen molar-refractivity contribution in [2.24, 2.45) is 0 Å². The molecule has 0 unspecified atom stereocenters. The highest BCUT2D eigenvalue weighted by atomic mass is 32.2. The minimum atomic E-state index is -3.43. The van der Waals surface area contributed by atoms with Gasteiger partial charge in [0.15, 0.2) is 0 Å². The van der Waals surface area contributed by atoms with Gasteiger partial charge in [-0.1, -0.05) is 13.8 Å². The molecule has 1 heterocycles. The minimum absolute atomic E-state index is 0.366. The van der Waals surface area contributed by atoms with Crippen LogP contribution in [0.3, 0.4) is 0 Å². The fraction of sp³-hybridized carbons (Fsp3) is 0.714. The van der Waals surface area contributed by atoms with Gasteiger partial charge >= 0.3 is 0 Å². The molecule has 0 radical (unpaired) electrons. The van der Waals surface area contributed by atoms with Gasteiger partial charge in [-0.25, -0.2) is 8.42 Å². The monoisotopic (exact) mass is 334 g/mol. The standard InChI is InChI=1S/C14H26N2O3S2/c1-6-19-8-7-16(5)21(17,18)14-9-13(20-12(14)4)10-15-11(2)3/h9,11,15H,6-8,10H2,1-5H3. The van der Waals surface area contributed by atoms with Crippen LogP contribution in [-0.2, 0) is 21.3 Å². The summed E-state index contributed by atoms with van der Waals surface area (Å²) in [6.07, 6.45) is 0. The van der Waals surface area contributed by atoms with Crippen molar-refractivity contribution in [1.82, 2.24) is 9.62 Å². The summed E-state index contributed by atoms with van der Waals surface area (Å²) >= 11 is 1.53. The fourth-order valence-corrected chi connectivity index (χ4v) is 4.50. The Morgan fingerprint density at radius 3 is 2.67 bits per heavy atom. The summed E-state index contributed by atoms with van der Waals surface area (Å²) in [4.78, 5) is 2.28. The zero-order valence-electron chi connectivity index (χ0n) is 13.5. The van der Waals surface area contributed by atoms with Crippen molar-refractivity contribution in [3.63, 3.8) is 0 Å². The number of thiophene rings is 1. The van der Waals surface area contributed by atoms with Gasteiger partial charge in [-0.3, -0.25) is 0 Å². The Morgan fingerprint density at radius 1 is 1.43 bits per heavy atom. The van der Waals surface area contributed by atoms with Crippen LogP contribution in [0.15, 0.2) is 11.0 Å². The fourth-order valence-electron chi connectivity index (χ4n) is 1.80. The summed E-state index contributed by atoms with van der Waals surface area (Å²) < 4.78 is 31.7. The third kappa shape index (κ3) is 5.34. The molecular weight excluding hydrogens is 308 g/mol. The first-order chi connectivity index (χ1) is 9.78. The molecule has 0 aliphatic carbocycles. The van der Waals surface area contributed by atoms with Crippen molar-refractivity contribution in [1.29, 1.82) is 0 Å². The SMILES string of the molecule is CCOCCN(C)S(=O)(=O)c1cc(CNC(C)C)sc1C. The smallest absolute Gasteiger partial charge is 0.244 e. The maximum Gasteiger partial charge on any atom is 0.244 e. The van der Waals surface area contributed by atoms with Crippen LogP contribution in [0.5, 0.6) is 0 Å². The first kappa shape index (κ1) is 18.6. The number of nitrogens with zero attached hydrogens (tertiary/aromatic N) is 1. The highest BCUT2D eigenvalue weighted by Gasteiger charge is 2.24. The zero-order chi connectivity index (χ0) is 16.0. The average Bonchev–Trinajstić information content (AvgIpc) is 2.78. The van der Waals surface area contributed by atoms with Gasteiger partial charge in [0, 0.05) is 42.5 Å².